The van der Waals surface area contributed by atoms with Crippen molar-refractivity contribution < 1.29 is 9.59 Å². The standard InChI is InChI=1S/C18H18Br2N2O2/c1-12-11-15(20)7-8-16(12)22(2)17(23)9-10-21-18(24)13-3-5-14(19)6-4-13/h3-8,11H,9-10H2,1-2H3,(H,21,24). The second kappa shape index (κ2) is 8.44. The molecule has 2 rings (SSSR count). The van der Waals surface area contributed by atoms with Crippen molar-refractivity contribution >= 4 is 49.4 Å². The lowest BCUT2D eigenvalue weighted by molar-refractivity contribution is -0.118. The van der Waals surface area contributed by atoms with Gasteiger partial charge in [-0.3, -0.25) is 9.59 Å². The molecule has 0 radical (unpaired) electrons. The maximum Gasteiger partial charge on any atom is 0.251 e. The number of rotatable bonds is 5. The fraction of sp³-hybridized carbons (Fsp3) is 0.222. The molecule has 0 atom stereocenters. The zero-order valence-electron chi connectivity index (χ0n) is 13.5. The van der Waals surface area contributed by atoms with Crippen molar-refractivity contribution in [1.29, 1.82) is 0 Å². The highest BCUT2D eigenvalue weighted by atomic mass is 79.9. The first kappa shape index (κ1) is 18.7. The van der Waals surface area contributed by atoms with Crippen molar-refractivity contribution in [3.05, 3.63) is 62.5 Å². The highest BCUT2D eigenvalue weighted by Crippen LogP contribution is 2.23. The molecule has 2 aromatic carbocycles. The number of aryl methyl sites for hydroxylation is 1. The van der Waals surface area contributed by atoms with Crippen LogP contribution in [0.25, 0.3) is 0 Å². The summed E-state index contributed by atoms with van der Waals surface area (Å²) in [7, 11) is 1.75. The van der Waals surface area contributed by atoms with E-state index in [0.29, 0.717) is 12.1 Å². The molecule has 0 heterocycles. The Morgan fingerprint density at radius 2 is 1.67 bits per heavy atom. The number of halogens is 2. The third-order valence-electron chi connectivity index (χ3n) is 3.63. The average Bonchev–Trinajstić information content (AvgIpc) is 2.54. The van der Waals surface area contributed by atoms with Crippen LogP contribution in [-0.4, -0.2) is 25.4 Å². The minimum absolute atomic E-state index is 0.0449. The third kappa shape index (κ3) is 4.92. The van der Waals surface area contributed by atoms with Crippen molar-refractivity contribution in [2.24, 2.45) is 0 Å². The van der Waals surface area contributed by atoms with E-state index in [1.54, 1.807) is 24.1 Å². The van der Waals surface area contributed by atoms with Crippen LogP contribution in [0, 0.1) is 6.92 Å². The van der Waals surface area contributed by atoms with Gasteiger partial charge in [-0.15, -0.1) is 0 Å². The Labute approximate surface area is 158 Å². The molecule has 0 aliphatic heterocycles. The van der Waals surface area contributed by atoms with E-state index < -0.39 is 0 Å². The monoisotopic (exact) mass is 452 g/mol. The number of nitrogens with zero attached hydrogens (tertiary/aromatic N) is 1. The van der Waals surface area contributed by atoms with Crippen LogP contribution in [0.1, 0.15) is 22.3 Å². The summed E-state index contributed by atoms with van der Waals surface area (Å²) in [6, 6.07) is 12.9. The Bertz CT molecular complexity index is 745. The van der Waals surface area contributed by atoms with E-state index in [0.717, 1.165) is 20.2 Å². The molecular weight excluding hydrogens is 436 g/mol. The van der Waals surface area contributed by atoms with Gasteiger partial charge in [-0.25, -0.2) is 0 Å². The van der Waals surface area contributed by atoms with E-state index in [9.17, 15) is 9.59 Å². The quantitative estimate of drug-likeness (QED) is 0.733. The molecule has 6 heteroatoms. The summed E-state index contributed by atoms with van der Waals surface area (Å²) in [5.41, 5.74) is 2.45. The Hall–Kier alpha value is -1.66. The summed E-state index contributed by atoms with van der Waals surface area (Å²) in [5.74, 6) is -0.227. The summed E-state index contributed by atoms with van der Waals surface area (Å²) in [4.78, 5) is 25.9. The molecule has 0 unspecified atom stereocenters. The number of nitrogens with one attached hydrogen (secondary N) is 1. The number of hydrogen-bond donors (Lipinski definition) is 1. The maximum atomic E-state index is 12.3. The average molecular weight is 454 g/mol. The lowest BCUT2D eigenvalue weighted by Crippen LogP contribution is -2.32. The van der Waals surface area contributed by atoms with Gasteiger partial charge in [0.05, 0.1) is 0 Å². The smallest absolute Gasteiger partial charge is 0.251 e. The van der Waals surface area contributed by atoms with Gasteiger partial charge in [0, 0.05) is 40.2 Å². The Balaban J connectivity index is 1.88. The van der Waals surface area contributed by atoms with E-state index in [-0.39, 0.29) is 18.2 Å². The van der Waals surface area contributed by atoms with Crippen LogP contribution in [0.4, 0.5) is 5.69 Å². The predicted octanol–water partition coefficient (Wildman–Crippen LogP) is 4.30. The van der Waals surface area contributed by atoms with Crippen LogP contribution in [-0.2, 0) is 4.79 Å². The van der Waals surface area contributed by atoms with Crippen LogP contribution in [0.15, 0.2) is 51.4 Å². The molecule has 1 N–H and O–H groups in total. The number of carbonyl (C=O) groups is 2. The van der Waals surface area contributed by atoms with Gasteiger partial charge in [0.15, 0.2) is 0 Å². The van der Waals surface area contributed by atoms with Crippen LogP contribution < -0.4 is 10.2 Å². The molecule has 0 spiro atoms. The largest absolute Gasteiger partial charge is 0.352 e. The van der Waals surface area contributed by atoms with Gasteiger partial charge in [0.1, 0.15) is 0 Å². The zero-order valence-corrected chi connectivity index (χ0v) is 16.6. The zero-order chi connectivity index (χ0) is 17.7. The van der Waals surface area contributed by atoms with Crippen LogP contribution >= 0.6 is 31.9 Å². The SMILES string of the molecule is Cc1cc(Br)ccc1N(C)C(=O)CCNC(=O)c1ccc(Br)cc1. The van der Waals surface area contributed by atoms with Crippen molar-refractivity contribution in [2.45, 2.75) is 13.3 Å². The van der Waals surface area contributed by atoms with Crippen LogP contribution in [0.2, 0.25) is 0 Å². The first-order valence-corrected chi connectivity index (χ1v) is 9.03. The molecule has 0 aliphatic rings. The third-order valence-corrected chi connectivity index (χ3v) is 4.65. The molecule has 126 valence electrons. The molecule has 0 saturated carbocycles. The second-order valence-corrected chi connectivity index (χ2v) is 7.23. The molecule has 0 bridgehead atoms. The first-order valence-electron chi connectivity index (χ1n) is 7.45. The topological polar surface area (TPSA) is 49.4 Å². The predicted molar refractivity (Wildman–Crippen MR) is 103 cm³/mol. The lowest BCUT2D eigenvalue weighted by atomic mass is 10.2. The van der Waals surface area contributed by atoms with Crippen LogP contribution in [0.5, 0.6) is 0 Å². The maximum absolute atomic E-state index is 12.3. The van der Waals surface area contributed by atoms with Gasteiger partial charge < -0.3 is 10.2 Å². The molecule has 2 aromatic rings. The van der Waals surface area contributed by atoms with Gasteiger partial charge in [0.2, 0.25) is 5.91 Å². The van der Waals surface area contributed by atoms with Gasteiger partial charge in [0.25, 0.3) is 5.91 Å². The van der Waals surface area contributed by atoms with Gasteiger partial charge >= 0.3 is 0 Å². The summed E-state index contributed by atoms with van der Waals surface area (Å²) >= 11 is 6.74. The van der Waals surface area contributed by atoms with Gasteiger partial charge in [-0.05, 0) is 55.0 Å². The van der Waals surface area contributed by atoms with E-state index >= 15 is 0 Å². The molecule has 0 saturated heterocycles. The van der Waals surface area contributed by atoms with Crippen molar-refractivity contribution in [3.63, 3.8) is 0 Å². The van der Waals surface area contributed by atoms with E-state index in [4.69, 9.17) is 0 Å². The molecule has 0 aliphatic carbocycles. The fourth-order valence-corrected chi connectivity index (χ4v) is 3.02. The Kier molecular flexibility index (Phi) is 6.57. The molecule has 0 fully saturated rings. The number of amides is 2. The molecule has 24 heavy (non-hydrogen) atoms. The van der Waals surface area contributed by atoms with Crippen molar-refractivity contribution in [1.82, 2.24) is 5.32 Å². The number of carbonyl (C=O) groups excluding carboxylic acids is 2. The van der Waals surface area contributed by atoms with E-state index in [2.05, 4.69) is 37.2 Å². The molecule has 0 aromatic heterocycles. The number of hydrogen-bond acceptors (Lipinski definition) is 2. The van der Waals surface area contributed by atoms with Crippen molar-refractivity contribution in [3.8, 4) is 0 Å². The normalized spacial score (nSPS) is 10.3. The second-order valence-electron chi connectivity index (χ2n) is 5.40. The minimum atomic E-state index is -0.183. The fourth-order valence-electron chi connectivity index (χ4n) is 2.28. The van der Waals surface area contributed by atoms with Crippen LogP contribution in [0.3, 0.4) is 0 Å². The summed E-state index contributed by atoms with van der Waals surface area (Å²) in [6.45, 7) is 2.26. The lowest BCUT2D eigenvalue weighted by Gasteiger charge is -2.20. The number of benzene rings is 2. The molecule has 4 nitrogen and oxygen atoms in total. The molecular formula is C18H18Br2N2O2. The van der Waals surface area contributed by atoms with Crippen molar-refractivity contribution in [2.75, 3.05) is 18.5 Å². The van der Waals surface area contributed by atoms with Gasteiger partial charge in [-0.2, -0.15) is 0 Å². The highest BCUT2D eigenvalue weighted by molar-refractivity contribution is 9.10. The highest BCUT2D eigenvalue weighted by Gasteiger charge is 2.13. The minimum Gasteiger partial charge on any atom is -0.352 e. The molecule has 2 amide bonds. The van der Waals surface area contributed by atoms with E-state index in [1.165, 1.54) is 0 Å². The van der Waals surface area contributed by atoms with Gasteiger partial charge in [-0.1, -0.05) is 31.9 Å². The van der Waals surface area contributed by atoms with E-state index in [1.807, 2.05) is 37.3 Å². The summed E-state index contributed by atoms with van der Waals surface area (Å²) < 4.78 is 1.90. The Morgan fingerprint density at radius 3 is 2.29 bits per heavy atom. The summed E-state index contributed by atoms with van der Waals surface area (Å²) in [6.07, 6.45) is 0.244. The Morgan fingerprint density at radius 1 is 1.04 bits per heavy atom. The first-order chi connectivity index (χ1) is 11.4. The summed E-state index contributed by atoms with van der Waals surface area (Å²) in [5, 5.41) is 2.77. The number of anilines is 1.